The first kappa shape index (κ1) is 13.3. The summed E-state index contributed by atoms with van der Waals surface area (Å²) in [5.41, 5.74) is 6.76. The number of hydrogen-bond donors (Lipinski definition) is 3. The Morgan fingerprint density at radius 2 is 2.29 bits per heavy atom. The van der Waals surface area contributed by atoms with E-state index in [0.717, 1.165) is 0 Å². The van der Waals surface area contributed by atoms with E-state index in [9.17, 15) is 4.79 Å². The molecule has 17 heavy (non-hydrogen) atoms. The second-order valence-electron chi connectivity index (χ2n) is 3.78. The molecule has 0 saturated heterocycles. The normalized spacial score (nSPS) is 12.1. The molecular weight excluding hydrogens is 220 g/mol. The Balaban J connectivity index is 2.77. The second-order valence-corrected chi connectivity index (χ2v) is 3.78. The molecule has 0 aromatic heterocycles. The summed E-state index contributed by atoms with van der Waals surface area (Å²) in [5, 5.41) is 12.1. The van der Waals surface area contributed by atoms with Gasteiger partial charge < -0.3 is 20.9 Å². The molecular formula is C12H18N2O3. The summed E-state index contributed by atoms with van der Waals surface area (Å²) in [6.07, 6.45) is 0. The Bertz CT molecular complexity index is 393. The van der Waals surface area contributed by atoms with Crippen molar-refractivity contribution in [2.24, 2.45) is 0 Å². The van der Waals surface area contributed by atoms with Gasteiger partial charge >= 0.3 is 5.97 Å². The first-order chi connectivity index (χ1) is 8.06. The number of nitrogens with one attached hydrogen (secondary N) is 1. The Morgan fingerprint density at radius 1 is 1.59 bits per heavy atom. The zero-order valence-corrected chi connectivity index (χ0v) is 10.1. The molecule has 5 heteroatoms. The largest absolute Gasteiger partial charge is 0.478 e. The number of rotatable bonds is 6. The van der Waals surface area contributed by atoms with Gasteiger partial charge in [0.2, 0.25) is 0 Å². The van der Waals surface area contributed by atoms with Gasteiger partial charge in [-0.2, -0.15) is 0 Å². The van der Waals surface area contributed by atoms with Crippen LogP contribution in [-0.2, 0) is 4.74 Å². The molecule has 0 aliphatic rings. The van der Waals surface area contributed by atoms with Crippen molar-refractivity contribution in [2.75, 3.05) is 24.3 Å². The van der Waals surface area contributed by atoms with Crippen LogP contribution in [0.5, 0.6) is 0 Å². The van der Waals surface area contributed by atoms with Crippen LogP contribution in [-0.4, -0.2) is 30.3 Å². The number of anilines is 2. The minimum atomic E-state index is -1.02. The van der Waals surface area contributed by atoms with E-state index in [-0.39, 0.29) is 17.3 Å². The Morgan fingerprint density at radius 3 is 2.88 bits per heavy atom. The summed E-state index contributed by atoms with van der Waals surface area (Å²) in [5.74, 6) is -1.02. The smallest absolute Gasteiger partial charge is 0.337 e. The van der Waals surface area contributed by atoms with Gasteiger partial charge in [0.05, 0.1) is 23.5 Å². The third-order valence-electron chi connectivity index (χ3n) is 2.31. The van der Waals surface area contributed by atoms with E-state index in [1.807, 2.05) is 13.8 Å². The molecule has 1 unspecified atom stereocenters. The third kappa shape index (κ3) is 3.64. The lowest BCUT2D eigenvalue weighted by molar-refractivity contribution is 0.0698. The molecule has 1 aromatic rings. The van der Waals surface area contributed by atoms with E-state index >= 15 is 0 Å². The lowest BCUT2D eigenvalue weighted by Crippen LogP contribution is -2.22. The summed E-state index contributed by atoms with van der Waals surface area (Å²) in [4.78, 5) is 10.9. The minimum absolute atomic E-state index is 0.0706. The molecule has 5 nitrogen and oxygen atoms in total. The average molecular weight is 238 g/mol. The molecule has 1 aromatic carbocycles. The Kier molecular flexibility index (Phi) is 4.78. The number of carbonyl (C=O) groups is 1. The van der Waals surface area contributed by atoms with Crippen molar-refractivity contribution < 1.29 is 14.6 Å². The fraction of sp³-hybridized carbons (Fsp3) is 0.417. The van der Waals surface area contributed by atoms with Gasteiger partial charge in [-0.05, 0) is 26.0 Å². The van der Waals surface area contributed by atoms with Crippen molar-refractivity contribution in [3.05, 3.63) is 23.8 Å². The molecule has 1 rings (SSSR count). The molecule has 0 heterocycles. The second kappa shape index (κ2) is 6.10. The number of carboxylic acids is 1. The van der Waals surface area contributed by atoms with Gasteiger partial charge in [-0.3, -0.25) is 0 Å². The molecule has 94 valence electrons. The van der Waals surface area contributed by atoms with Crippen molar-refractivity contribution in [3.63, 3.8) is 0 Å². The summed E-state index contributed by atoms with van der Waals surface area (Å²) >= 11 is 0. The van der Waals surface area contributed by atoms with Crippen molar-refractivity contribution in [3.8, 4) is 0 Å². The van der Waals surface area contributed by atoms with Crippen LogP contribution < -0.4 is 11.1 Å². The third-order valence-corrected chi connectivity index (χ3v) is 2.31. The fourth-order valence-corrected chi connectivity index (χ4v) is 1.48. The molecule has 0 aliphatic heterocycles. The quantitative estimate of drug-likeness (QED) is 0.658. The maximum Gasteiger partial charge on any atom is 0.337 e. The number of benzene rings is 1. The van der Waals surface area contributed by atoms with Gasteiger partial charge in [0, 0.05) is 12.6 Å². The molecule has 0 spiro atoms. The van der Waals surface area contributed by atoms with E-state index in [4.69, 9.17) is 15.6 Å². The van der Waals surface area contributed by atoms with Gasteiger partial charge in [-0.15, -0.1) is 0 Å². The summed E-state index contributed by atoms with van der Waals surface area (Å²) in [6, 6.07) is 4.97. The number of carboxylic acid groups (broad SMARTS) is 1. The van der Waals surface area contributed by atoms with Crippen molar-refractivity contribution in [2.45, 2.75) is 19.9 Å². The Labute approximate surface area is 101 Å². The highest BCUT2D eigenvalue weighted by atomic mass is 16.5. The highest BCUT2D eigenvalue weighted by Crippen LogP contribution is 2.23. The average Bonchev–Trinajstić information content (AvgIpc) is 2.28. The van der Waals surface area contributed by atoms with Crippen LogP contribution in [0.1, 0.15) is 24.2 Å². The summed E-state index contributed by atoms with van der Waals surface area (Å²) in [6.45, 7) is 5.07. The van der Waals surface area contributed by atoms with Gasteiger partial charge in [-0.25, -0.2) is 4.79 Å². The van der Waals surface area contributed by atoms with Gasteiger partial charge in [0.1, 0.15) is 0 Å². The predicted octanol–water partition coefficient (Wildman–Crippen LogP) is 1.80. The van der Waals surface area contributed by atoms with Gasteiger partial charge in [0.25, 0.3) is 0 Å². The molecule has 0 radical (unpaired) electrons. The van der Waals surface area contributed by atoms with Crippen molar-refractivity contribution in [1.82, 2.24) is 0 Å². The number of hydrogen-bond acceptors (Lipinski definition) is 4. The standard InChI is InChI=1S/C12H18N2O3/c1-3-17-7-8(2)14-10-6-4-5-9(11(10)13)12(15)16/h4-6,8,14H,3,7,13H2,1-2H3,(H,15,16). The van der Waals surface area contributed by atoms with Crippen LogP contribution in [0.4, 0.5) is 11.4 Å². The van der Waals surface area contributed by atoms with Crippen molar-refractivity contribution >= 4 is 17.3 Å². The maximum atomic E-state index is 10.9. The van der Waals surface area contributed by atoms with Crippen LogP contribution in [0.15, 0.2) is 18.2 Å². The van der Waals surface area contributed by atoms with E-state index in [0.29, 0.717) is 18.9 Å². The number of para-hydroxylation sites is 1. The number of aromatic carboxylic acids is 1. The number of ether oxygens (including phenoxy) is 1. The maximum absolute atomic E-state index is 10.9. The van der Waals surface area contributed by atoms with Crippen LogP contribution in [0, 0.1) is 0 Å². The SMILES string of the molecule is CCOCC(C)Nc1cccc(C(=O)O)c1N. The van der Waals surface area contributed by atoms with Gasteiger partial charge in [0.15, 0.2) is 0 Å². The molecule has 4 N–H and O–H groups in total. The molecule has 0 aliphatic carbocycles. The highest BCUT2D eigenvalue weighted by Gasteiger charge is 2.12. The predicted molar refractivity (Wildman–Crippen MR) is 67.4 cm³/mol. The summed E-state index contributed by atoms with van der Waals surface area (Å²) < 4.78 is 5.27. The molecule has 1 atom stereocenters. The van der Waals surface area contributed by atoms with E-state index in [2.05, 4.69) is 5.32 Å². The zero-order valence-electron chi connectivity index (χ0n) is 10.1. The van der Waals surface area contributed by atoms with Crippen LogP contribution >= 0.6 is 0 Å². The van der Waals surface area contributed by atoms with E-state index in [1.165, 1.54) is 6.07 Å². The lowest BCUT2D eigenvalue weighted by Gasteiger charge is -2.17. The van der Waals surface area contributed by atoms with Gasteiger partial charge in [-0.1, -0.05) is 6.07 Å². The first-order valence-corrected chi connectivity index (χ1v) is 5.52. The van der Waals surface area contributed by atoms with E-state index < -0.39 is 5.97 Å². The molecule has 0 fully saturated rings. The molecule has 0 amide bonds. The van der Waals surface area contributed by atoms with E-state index in [1.54, 1.807) is 12.1 Å². The Hall–Kier alpha value is -1.75. The van der Waals surface area contributed by atoms with Crippen LogP contribution in [0.2, 0.25) is 0 Å². The monoisotopic (exact) mass is 238 g/mol. The minimum Gasteiger partial charge on any atom is -0.478 e. The van der Waals surface area contributed by atoms with Crippen molar-refractivity contribution in [1.29, 1.82) is 0 Å². The van der Waals surface area contributed by atoms with Crippen LogP contribution in [0.3, 0.4) is 0 Å². The van der Waals surface area contributed by atoms with Crippen LogP contribution in [0.25, 0.3) is 0 Å². The molecule has 0 bridgehead atoms. The number of nitrogens with two attached hydrogens (primary N) is 1. The highest BCUT2D eigenvalue weighted by molar-refractivity contribution is 5.97. The number of nitrogen functional groups attached to an aromatic ring is 1. The zero-order chi connectivity index (χ0) is 12.8. The lowest BCUT2D eigenvalue weighted by atomic mass is 10.1. The topological polar surface area (TPSA) is 84.6 Å². The summed E-state index contributed by atoms with van der Waals surface area (Å²) in [7, 11) is 0. The first-order valence-electron chi connectivity index (χ1n) is 5.52. The fourth-order valence-electron chi connectivity index (χ4n) is 1.48. The molecule has 0 saturated carbocycles.